The zero-order valence-corrected chi connectivity index (χ0v) is 12.4. The Bertz CT molecular complexity index is 817. The summed E-state index contributed by atoms with van der Waals surface area (Å²) in [5.41, 5.74) is 1.87. The first-order valence-corrected chi connectivity index (χ1v) is 6.91. The fourth-order valence-electron chi connectivity index (χ4n) is 1.88. The molecule has 22 heavy (non-hydrogen) atoms. The quantitative estimate of drug-likeness (QED) is 0.807. The van der Waals surface area contributed by atoms with Gasteiger partial charge < -0.3 is 5.32 Å². The fraction of sp³-hybridized carbons (Fsp3) is 0.0667. The van der Waals surface area contributed by atoms with Crippen molar-refractivity contribution in [2.45, 2.75) is 6.92 Å². The molecule has 1 N–H and O–H groups in total. The largest absolute Gasteiger partial charge is 0.321 e. The van der Waals surface area contributed by atoms with Gasteiger partial charge in [-0.05, 0) is 36.8 Å². The van der Waals surface area contributed by atoms with Gasteiger partial charge in [-0.1, -0.05) is 23.7 Å². The Balaban J connectivity index is 1.83. The van der Waals surface area contributed by atoms with E-state index in [-0.39, 0.29) is 5.91 Å². The number of benzene rings is 1. The number of halogens is 1. The second-order valence-corrected chi connectivity index (χ2v) is 5.08. The first kappa shape index (κ1) is 14.2. The molecule has 0 aliphatic carbocycles. The van der Waals surface area contributed by atoms with Crippen LogP contribution in [0.4, 0.5) is 5.69 Å². The van der Waals surface area contributed by atoms with Gasteiger partial charge in [0.15, 0.2) is 0 Å². The number of carbonyl (C=O) groups is 1. The van der Waals surface area contributed by atoms with E-state index in [1.807, 2.05) is 13.0 Å². The van der Waals surface area contributed by atoms with Crippen LogP contribution in [0.15, 0.2) is 49.1 Å². The molecule has 0 radical (unpaired) electrons. The standard InChI is InChI=1S/C15H12ClN5O/c1-10-5-6-11(7-12(10)16)19-15(22)13-3-2-4-14(20-13)21-8-17-18-9-21/h2-9H,1H3,(H,19,22). The van der Waals surface area contributed by atoms with Crippen LogP contribution in [0.2, 0.25) is 5.02 Å². The first-order chi connectivity index (χ1) is 10.6. The molecule has 1 aromatic carbocycles. The molecule has 2 aromatic heterocycles. The predicted octanol–water partition coefficient (Wildman–Crippen LogP) is 2.88. The molecule has 3 rings (SSSR count). The highest BCUT2D eigenvalue weighted by Gasteiger charge is 2.10. The van der Waals surface area contributed by atoms with Crippen molar-refractivity contribution in [2.24, 2.45) is 0 Å². The highest BCUT2D eigenvalue weighted by molar-refractivity contribution is 6.31. The van der Waals surface area contributed by atoms with E-state index >= 15 is 0 Å². The van der Waals surface area contributed by atoms with Crippen molar-refractivity contribution in [1.82, 2.24) is 19.7 Å². The van der Waals surface area contributed by atoms with Gasteiger partial charge in [-0.2, -0.15) is 0 Å². The third-order valence-electron chi connectivity index (χ3n) is 3.08. The third kappa shape index (κ3) is 2.96. The molecular weight excluding hydrogens is 302 g/mol. The molecule has 0 saturated carbocycles. The van der Waals surface area contributed by atoms with Gasteiger partial charge in [-0.25, -0.2) is 4.98 Å². The smallest absolute Gasteiger partial charge is 0.274 e. The lowest BCUT2D eigenvalue weighted by Crippen LogP contribution is -2.14. The summed E-state index contributed by atoms with van der Waals surface area (Å²) >= 11 is 6.05. The number of hydrogen-bond donors (Lipinski definition) is 1. The zero-order chi connectivity index (χ0) is 15.5. The normalized spacial score (nSPS) is 10.5. The molecular formula is C15H12ClN5O. The van der Waals surface area contributed by atoms with Crippen LogP contribution in [0, 0.1) is 6.92 Å². The number of aromatic nitrogens is 4. The topological polar surface area (TPSA) is 72.7 Å². The molecule has 110 valence electrons. The van der Waals surface area contributed by atoms with Gasteiger partial charge in [-0.15, -0.1) is 10.2 Å². The Morgan fingerprint density at radius 3 is 2.68 bits per heavy atom. The van der Waals surface area contributed by atoms with Gasteiger partial charge in [-0.3, -0.25) is 9.36 Å². The van der Waals surface area contributed by atoms with E-state index in [1.165, 1.54) is 12.7 Å². The molecule has 0 bridgehead atoms. The molecule has 0 fully saturated rings. The summed E-state index contributed by atoms with van der Waals surface area (Å²) in [4.78, 5) is 16.6. The first-order valence-electron chi connectivity index (χ1n) is 6.53. The third-order valence-corrected chi connectivity index (χ3v) is 3.49. The minimum absolute atomic E-state index is 0.294. The highest BCUT2D eigenvalue weighted by atomic mass is 35.5. The Labute approximate surface area is 131 Å². The lowest BCUT2D eigenvalue weighted by atomic mass is 10.2. The lowest BCUT2D eigenvalue weighted by molar-refractivity contribution is 0.102. The van der Waals surface area contributed by atoms with Crippen molar-refractivity contribution in [1.29, 1.82) is 0 Å². The second kappa shape index (κ2) is 5.95. The maximum atomic E-state index is 12.3. The number of anilines is 1. The van der Waals surface area contributed by atoms with Crippen LogP contribution in [0.5, 0.6) is 0 Å². The Kier molecular flexibility index (Phi) is 3.84. The van der Waals surface area contributed by atoms with E-state index in [9.17, 15) is 4.79 Å². The minimum atomic E-state index is -0.310. The van der Waals surface area contributed by atoms with E-state index in [1.54, 1.807) is 34.9 Å². The molecule has 0 saturated heterocycles. The highest BCUT2D eigenvalue weighted by Crippen LogP contribution is 2.20. The molecule has 0 aliphatic heterocycles. The molecule has 0 aliphatic rings. The maximum absolute atomic E-state index is 12.3. The van der Waals surface area contributed by atoms with Crippen LogP contribution >= 0.6 is 11.6 Å². The molecule has 7 heteroatoms. The predicted molar refractivity (Wildman–Crippen MR) is 83.3 cm³/mol. The van der Waals surface area contributed by atoms with E-state index in [0.29, 0.717) is 22.2 Å². The van der Waals surface area contributed by atoms with Crippen LogP contribution in [-0.2, 0) is 0 Å². The molecule has 2 heterocycles. The minimum Gasteiger partial charge on any atom is -0.321 e. The van der Waals surface area contributed by atoms with Gasteiger partial charge in [0.05, 0.1) is 0 Å². The number of carbonyl (C=O) groups excluding carboxylic acids is 1. The maximum Gasteiger partial charge on any atom is 0.274 e. The molecule has 0 unspecified atom stereocenters. The van der Waals surface area contributed by atoms with Crippen LogP contribution in [-0.4, -0.2) is 25.7 Å². The van der Waals surface area contributed by atoms with Crippen molar-refractivity contribution >= 4 is 23.2 Å². The number of nitrogens with one attached hydrogen (secondary N) is 1. The molecule has 3 aromatic rings. The van der Waals surface area contributed by atoms with Gasteiger partial charge in [0.2, 0.25) is 0 Å². The van der Waals surface area contributed by atoms with E-state index in [4.69, 9.17) is 11.6 Å². The number of rotatable bonds is 3. The number of aryl methyl sites for hydroxylation is 1. The van der Waals surface area contributed by atoms with Crippen molar-refractivity contribution in [2.75, 3.05) is 5.32 Å². The summed E-state index contributed by atoms with van der Waals surface area (Å²) in [6, 6.07) is 10.5. The number of amides is 1. The summed E-state index contributed by atoms with van der Waals surface area (Å²) < 4.78 is 1.62. The molecule has 1 amide bonds. The van der Waals surface area contributed by atoms with Crippen molar-refractivity contribution in [3.63, 3.8) is 0 Å². The zero-order valence-electron chi connectivity index (χ0n) is 11.7. The van der Waals surface area contributed by atoms with Gasteiger partial charge in [0, 0.05) is 10.7 Å². The average Bonchev–Trinajstić information content (AvgIpc) is 3.05. The lowest BCUT2D eigenvalue weighted by Gasteiger charge is -2.07. The summed E-state index contributed by atoms with van der Waals surface area (Å²) in [5, 5.41) is 10.8. The van der Waals surface area contributed by atoms with E-state index < -0.39 is 0 Å². The molecule has 6 nitrogen and oxygen atoms in total. The number of nitrogens with zero attached hydrogens (tertiary/aromatic N) is 4. The van der Waals surface area contributed by atoms with E-state index in [0.717, 1.165) is 5.56 Å². The van der Waals surface area contributed by atoms with Crippen LogP contribution in [0.3, 0.4) is 0 Å². The molecule has 0 atom stereocenters. The van der Waals surface area contributed by atoms with Crippen LogP contribution in [0.25, 0.3) is 5.82 Å². The van der Waals surface area contributed by atoms with Gasteiger partial charge >= 0.3 is 0 Å². The van der Waals surface area contributed by atoms with E-state index in [2.05, 4.69) is 20.5 Å². The fourth-order valence-corrected chi connectivity index (χ4v) is 2.06. The molecule has 0 spiro atoms. The Hall–Kier alpha value is -2.73. The van der Waals surface area contributed by atoms with Crippen molar-refractivity contribution < 1.29 is 4.79 Å². The van der Waals surface area contributed by atoms with Crippen LogP contribution < -0.4 is 5.32 Å². The average molecular weight is 314 g/mol. The second-order valence-electron chi connectivity index (χ2n) is 4.67. The summed E-state index contributed by atoms with van der Waals surface area (Å²) in [6.45, 7) is 1.90. The van der Waals surface area contributed by atoms with Crippen LogP contribution in [0.1, 0.15) is 16.1 Å². The Morgan fingerprint density at radius 2 is 1.95 bits per heavy atom. The number of pyridine rings is 1. The summed E-state index contributed by atoms with van der Waals surface area (Å²) in [7, 11) is 0. The van der Waals surface area contributed by atoms with Crippen molar-refractivity contribution in [3.05, 3.63) is 65.3 Å². The number of hydrogen-bond acceptors (Lipinski definition) is 4. The van der Waals surface area contributed by atoms with Gasteiger partial charge in [0.25, 0.3) is 5.91 Å². The monoisotopic (exact) mass is 313 g/mol. The van der Waals surface area contributed by atoms with Crippen molar-refractivity contribution in [3.8, 4) is 5.82 Å². The Morgan fingerprint density at radius 1 is 1.18 bits per heavy atom. The van der Waals surface area contributed by atoms with Gasteiger partial charge in [0.1, 0.15) is 24.2 Å². The SMILES string of the molecule is Cc1ccc(NC(=O)c2cccc(-n3cnnc3)n2)cc1Cl. The summed E-state index contributed by atoms with van der Waals surface area (Å²) in [6.07, 6.45) is 3.04. The summed E-state index contributed by atoms with van der Waals surface area (Å²) in [5.74, 6) is 0.259.